The molecule has 1 N–H and O–H groups in total. The van der Waals surface area contributed by atoms with Crippen LogP contribution < -0.4 is 0 Å². The highest BCUT2D eigenvalue weighted by molar-refractivity contribution is 5.71. The van der Waals surface area contributed by atoms with Crippen molar-refractivity contribution in [1.29, 1.82) is 0 Å². The van der Waals surface area contributed by atoms with Gasteiger partial charge in [-0.25, -0.2) is 0 Å². The third kappa shape index (κ3) is 2.08. The zero-order chi connectivity index (χ0) is 10.0. The van der Waals surface area contributed by atoms with Gasteiger partial charge < -0.3 is 5.11 Å². The summed E-state index contributed by atoms with van der Waals surface area (Å²) >= 11 is 0. The first kappa shape index (κ1) is 9.78. The molecule has 0 aromatic heterocycles. The lowest BCUT2D eigenvalue weighted by Gasteiger charge is -2.08. The standard InChI is InChI=1S/C11H14O2/c1-7-4-5-10(6-11(12)13)9(3)8(7)2/h4-5H,6H2,1-3H3,(H,12,13). The minimum atomic E-state index is -0.772. The van der Waals surface area contributed by atoms with Gasteiger partial charge in [0.25, 0.3) is 0 Å². The van der Waals surface area contributed by atoms with Crippen molar-refractivity contribution in [2.75, 3.05) is 0 Å². The molecule has 0 radical (unpaired) electrons. The summed E-state index contributed by atoms with van der Waals surface area (Å²) in [6, 6.07) is 3.87. The fourth-order valence-electron chi connectivity index (χ4n) is 1.37. The molecule has 0 spiro atoms. The van der Waals surface area contributed by atoms with Gasteiger partial charge >= 0.3 is 5.97 Å². The summed E-state index contributed by atoms with van der Waals surface area (Å²) in [4.78, 5) is 10.5. The Kier molecular flexibility index (Phi) is 2.71. The molecule has 0 aliphatic heterocycles. The van der Waals surface area contributed by atoms with Gasteiger partial charge in [-0.1, -0.05) is 12.1 Å². The second kappa shape index (κ2) is 3.60. The molecule has 2 heteroatoms. The van der Waals surface area contributed by atoms with E-state index in [-0.39, 0.29) is 6.42 Å². The number of carboxylic acid groups (broad SMARTS) is 1. The summed E-state index contributed by atoms with van der Waals surface area (Å²) in [5.41, 5.74) is 4.42. The molecule has 13 heavy (non-hydrogen) atoms. The second-order valence-corrected chi connectivity index (χ2v) is 3.36. The van der Waals surface area contributed by atoms with Crippen LogP contribution in [0.3, 0.4) is 0 Å². The Morgan fingerprint density at radius 2 is 1.85 bits per heavy atom. The molecule has 0 aliphatic carbocycles. The summed E-state index contributed by atoms with van der Waals surface area (Å²) in [7, 11) is 0. The molecule has 1 aromatic carbocycles. The van der Waals surface area contributed by atoms with E-state index >= 15 is 0 Å². The normalized spacial score (nSPS) is 10.1. The Bertz CT molecular complexity index is 340. The van der Waals surface area contributed by atoms with E-state index < -0.39 is 5.97 Å². The molecular formula is C11H14O2. The van der Waals surface area contributed by atoms with Crippen molar-refractivity contribution in [1.82, 2.24) is 0 Å². The van der Waals surface area contributed by atoms with E-state index in [2.05, 4.69) is 0 Å². The van der Waals surface area contributed by atoms with E-state index in [0.29, 0.717) is 0 Å². The predicted molar refractivity (Wildman–Crippen MR) is 52.0 cm³/mol. The molecule has 0 amide bonds. The highest BCUT2D eigenvalue weighted by Crippen LogP contribution is 2.17. The summed E-state index contributed by atoms with van der Waals surface area (Å²) in [6.45, 7) is 6.03. The molecule has 70 valence electrons. The van der Waals surface area contributed by atoms with Crippen LogP contribution in [0.4, 0.5) is 0 Å². The van der Waals surface area contributed by atoms with Crippen LogP contribution in [0.1, 0.15) is 22.3 Å². The van der Waals surface area contributed by atoms with Gasteiger partial charge in [-0.2, -0.15) is 0 Å². The van der Waals surface area contributed by atoms with Crippen molar-refractivity contribution >= 4 is 5.97 Å². The number of carboxylic acids is 1. The second-order valence-electron chi connectivity index (χ2n) is 3.36. The maximum atomic E-state index is 10.5. The van der Waals surface area contributed by atoms with E-state index in [4.69, 9.17) is 5.11 Å². The van der Waals surface area contributed by atoms with Gasteiger partial charge in [-0.05, 0) is 43.0 Å². The Balaban J connectivity index is 3.10. The van der Waals surface area contributed by atoms with Crippen LogP contribution in [0.5, 0.6) is 0 Å². The topological polar surface area (TPSA) is 37.3 Å². The van der Waals surface area contributed by atoms with Crippen LogP contribution in [-0.2, 0) is 11.2 Å². The number of aliphatic carboxylic acids is 1. The van der Waals surface area contributed by atoms with Crippen molar-refractivity contribution in [3.8, 4) is 0 Å². The first-order valence-electron chi connectivity index (χ1n) is 4.30. The summed E-state index contributed by atoms with van der Waals surface area (Å²) in [6.07, 6.45) is 0.118. The van der Waals surface area contributed by atoms with Crippen LogP contribution >= 0.6 is 0 Å². The Hall–Kier alpha value is -1.31. The van der Waals surface area contributed by atoms with Crippen LogP contribution in [0.25, 0.3) is 0 Å². The third-order valence-corrected chi connectivity index (χ3v) is 2.51. The third-order valence-electron chi connectivity index (χ3n) is 2.51. The van der Waals surface area contributed by atoms with E-state index in [1.54, 1.807) is 0 Å². The van der Waals surface area contributed by atoms with Crippen LogP contribution in [-0.4, -0.2) is 11.1 Å². The lowest BCUT2D eigenvalue weighted by Crippen LogP contribution is -2.03. The molecular weight excluding hydrogens is 164 g/mol. The number of hydrogen-bond acceptors (Lipinski definition) is 1. The Morgan fingerprint density at radius 3 is 2.38 bits per heavy atom. The fraction of sp³-hybridized carbons (Fsp3) is 0.364. The van der Waals surface area contributed by atoms with E-state index in [1.807, 2.05) is 32.9 Å². The molecule has 0 saturated carbocycles. The van der Waals surface area contributed by atoms with Crippen LogP contribution in [0, 0.1) is 20.8 Å². The molecule has 0 bridgehead atoms. The number of carbonyl (C=O) groups is 1. The molecule has 1 rings (SSSR count). The molecule has 0 heterocycles. The average Bonchev–Trinajstić information content (AvgIpc) is 2.06. The molecule has 0 atom stereocenters. The fourth-order valence-corrected chi connectivity index (χ4v) is 1.37. The molecule has 0 fully saturated rings. The molecule has 0 saturated heterocycles. The number of benzene rings is 1. The van der Waals surface area contributed by atoms with Crippen LogP contribution in [0.15, 0.2) is 12.1 Å². The summed E-state index contributed by atoms with van der Waals surface area (Å²) in [5, 5.41) is 8.65. The van der Waals surface area contributed by atoms with Gasteiger partial charge in [0.2, 0.25) is 0 Å². The number of rotatable bonds is 2. The van der Waals surface area contributed by atoms with Crippen molar-refractivity contribution in [3.63, 3.8) is 0 Å². The van der Waals surface area contributed by atoms with Gasteiger partial charge in [0.1, 0.15) is 0 Å². The van der Waals surface area contributed by atoms with E-state index in [9.17, 15) is 4.79 Å². The van der Waals surface area contributed by atoms with Crippen molar-refractivity contribution < 1.29 is 9.90 Å². The van der Waals surface area contributed by atoms with Gasteiger partial charge in [0.05, 0.1) is 6.42 Å². The molecule has 1 aromatic rings. The van der Waals surface area contributed by atoms with Crippen LogP contribution in [0.2, 0.25) is 0 Å². The minimum absolute atomic E-state index is 0.118. The quantitative estimate of drug-likeness (QED) is 0.754. The molecule has 0 unspecified atom stereocenters. The molecule has 0 aliphatic rings. The van der Waals surface area contributed by atoms with Crippen molar-refractivity contribution in [2.45, 2.75) is 27.2 Å². The minimum Gasteiger partial charge on any atom is -0.481 e. The number of hydrogen-bond donors (Lipinski definition) is 1. The first-order chi connectivity index (χ1) is 6.02. The summed E-state index contributed by atoms with van der Waals surface area (Å²) in [5.74, 6) is -0.772. The smallest absolute Gasteiger partial charge is 0.307 e. The maximum absolute atomic E-state index is 10.5. The van der Waals surface area contributed by atoms with Gasteiger partial charge in [0.15, 0.2) is 0 Å². The Morgan fingerprint density at radius 1 is 1.23 bits per heavy atom. The van der Waals surface area contributed by atoms with Crippen molar-refractivity contribution in [3.05, 3.63) is 34.4 Å². The number of aryl methyl sites for hydroxylation is 1. The lowest BCUT2D eigenvalue weighted by atomic mass is 9.97. The molecule has 2 nitrogen and oxygen atoms in total. The van der Waals surface area contributed by atoms with Gasteiger partial charge in [0, 0.05) is 0 Å². The van der Waals surface area contributed by atoms with Gasteiger partial charge in [-0.3, -0.25) is 4.79 Å². The predicted octanol–water partition coefficient (Wildman–Crippen LogP) is 2.24. The highest BCUT2D eigenvalue weighted by atomic mass is 16.4. The maximum Gasteiger partial charge on any atom is 0.307 e. The zero-order valence-corrected chi connectivity index (χ0v) is 8.22. The van der Waals surface area contributed by atoms with E-state index in [0.717, 1.165) is 11.1 Å². The average molecular weight is 178 g/mol. The monoisotopic (exact) mass is 178 g/mol. The lowest BCUT2D eigenvalue weighted by molar-refractivity contribution is -0.136. The van der Waals surface area contributed by atoms with Crippen molar-refractivity contribution in [2.24, 2.45) is 0 Å². The highest BCUT2D eigenvalue weighted by Gasteiger charge is 2.06. The Labute approximate surface area is 78.2 Å². The van der Waals surface area contributed by atoms with E-state index in [1.165, 1.54) is 11.1 Å². The first-order valence-corrected chi connectivity index (χ1v) is 4.30. The van der Waals surface area contributed by atoms with Gasteiger partial charge in [-0.15, -0.1) is 0 Å². The largest absolute Gasteiger partial charge is 0.481 e. The summed E-state index contributed by atoms with van der Waals surface area (Å²) < 4.78 is 0. The zero-order valence-electron chi connectivity index (χ0n) is 8.22. The SMILES string of the molecule is Cc1ccc(CC(=O)O)c(C)c1C.